The van der Waals surface area contributed by atoms with Crippen LogP contribution in [0.1, 0.15) is 132 Å². The van der Waals surface area contributed by atoms with Crippen molar-refractivity contribution < 1.29 is 33.8 Å². The van der Waals surface area contributed by atoms with Gasteiger partial charge in [0.1, 0.15) is 23.7 Å². The topological polar surface area (TPSA) is 200 Å². The number of amides is 5. The van der Waals surface area contributed by atoms with Crippen molar-refractivity contribution in [2.24, 2.45) is 11.8 Å². The van der Waals surface area contributed by atoms with Gasteiger partial charge in [0.2, 0.25) is 17.7 Å². The van der Waals surface area contributed by atoms with Gasteiger partial charge in [-0.05, 0) is 123 Å². The molecule has 0 bridgehead atoms. The van der Waals surface area contributed by atoms with E-state index in [1.54, 1.807) is 4.90 Å². The number of methoxy groups -OCH3 is 1. The molecule has 5 aromatic rings. The SMILES string of the molecule is COC(=O)N[C@H](C(=O)N1CCC[C@H]1c1nc2cc([C@H]3CC[C@H](c4ccc5[nH]c([C@@H]6CCCN6C(=O)[C@H](C(C)C)N(C)C(=O)O)nc5c4)N3c3ccc(N4CCCCC4=O)cc3)ccc2[nH]1)C(C)C. The predicted molar refractivity (Wildman–Crippen MR) is 258 cm³/mol. The van der Waals surface area contributed by atoms with Gasteiger partial charge in [-0.25, -0.2) is 19.6 Å². The number of carboxylic acid groups (broad SMARTS) is 1. The maximum absolute atomic E-state index is 14.0. The summed E-state index contributed by atoms with van der Waals surface area (Å²) in [7, 11) is 2.75. The van der Waals surface area contributed by atoms with Gasteiger partial charge in [-0.15, -0.1) is 0 Å². The van der Waals surface area contributed by atoms with Crippen LogP contribution in [0.5, 0.6) is 0 Å². The molecule has 17 heteroatoms. The Morgan fingerprint density at radius 2 is 1.25 bits per heavy atom. The van der Waals surface area contributed by atoms with E-state index in [1.165, 1.54) is 14.2 Å². The molecule has 68 heavy (non-hydrogen) atoms. The number of hydrogen-bond donors (Lipinski definition) is 4. The van der Waals surface area contributed by atoms with E-state index < -0.39 is 24.3 Å². The van der Waals surface area contributed by atoms with E-state index in [0.29, 0.717) is 31.9 Å². The Labute approximate surface area is 396 Å². The Bertz CT molecular complexity index is 2700. The van der Waals surface area contributed by atoms with E-state index in [4.69, 9.17) is 14.7 Å². The molecule has 0 unspecified atom stereocenters. The molecule has 2 aromatic heterocycles. The van der Waals surface area contributed by atoms with Gasteiger partial charge < -0.3 is 44.7 Å². The monoisotopic (exact) mass is 928 g/mol. The Balaban J connectivity index is 1.02. The second kappa shape index (κ2) is 19.2. The Morgan fingerprint density at radius 3 is 1.75 bits per heavy atom. The van der Waals surface area contributed by atoms with Crippen molar-refractivity contribution in [3.8, 4) is 0 Å². The van der Waals surface area contributed by atoms with E-state index in [-0.39, 0.29) is 53.7 Å². The molecule has 0 radical (unpaired) electrons. The minimum absolute atomic E-state index is 0.0193. The zero-order valence-corrected chi connectivity index (χ0v) is 39.9. The molecule has 0 saturated carbocycles. The zero-order valence-electron chi connectivity index (χ0n) is 39.9. The number of imidazole rings is 2. The number of rotatable bonds is 12. The Morgan fingerprint density at radius 1 is 0.706 bits per heavy atom. The van der Waals surface area contributed by atoms with E-state index in [0.717, 1.165) is 107 Å². The van der Waals surface area contributed by atoms with E-state index in [2.05, 4.69) is 80.8 Å². The van der Waals surface area contributed by atoms with Gasteiger partial charge in [-0.1, -0.05) is 39.8 Å². The number of nitrogens with one attached hydrogen (secondary N) is 3. The number of H-pyrrole nitrogens is 2. The molecule has 17 nitrogen and oxygen atoms in total. The number of nitrogens with zero attached hydrogens (tertiary/aromatic N) is 7. The van der Waals surface area contributed by atoms with Crippen LogP contribution in [0.3, 0.4) is 0 Å². The maximum Gasteiger partial charge on any atom is 0.407 e. The number of carbonyl (C=O) groups is 5. The molecular weight excluding hydrogens is 865 g/mol. The number of anilines is 2. The molecule has 0 aliphatic carbocycles. The number of fused-ring (bicyclic) bond motifs is 2. The van der Waals surface area contributed by atoms with Crippen molar-refractivity contribution in [3.63, 3.8) is 0 Å². The van der Waals surface area contributed by atoms with Crippen molar-refractivity contribution >= 4 is 63.3 Å². The summed E-state index contributed by atoms with van der Waals surface area (Å²) < 4.78 is 4.83. The number of ether oxygens (including phenoxy) is 1. The van der Waals surface area contributed by atoms with Crippen LogP contribution in [0.25, 0.3) is 22.1 Å². The van der Waals surface area contributed by atoms with Gasteiger partial charge in [-0.3, -0.25) is 19.3 Å². The normalized spacial score (nSPS) is 21.9. The van der Waals surface area contributed by atoms with Gasteiger partial charge in [0, 0.05) is 44.5 Å². The lowest BCUT2D eigenvalue weighted by Crippen LogP contribution is -2.51. The molecule has 4 N–H and O–H groups in total. The summed E-state index contributed by atoms with van der Waals surface area (Å²) >= 11 is 0. The molecule has 0 spiro atoms. The molecule has 5 amide bonds. The largest absolute Gasteiger partial charge is 0.465 e. The number of likely N-dealkylation sites (tertiary alicyclic amines) is 2. The van der Waals surface area contributed by atoms with Crippen LogP contribution in [0.15, 0.2) is 60.7 Å². The summed E-state index contributed by atoms with van der Waals surface area (Å²) in [6.45, 7) is 9.36. The number of likely N-dealkylation sites (N-methyl/N-ethyl adjacent to an activating group) is 1. The summed E-state index contributed by atoms with van der Waals surface area (Å²) in [6, 6.07) is 19.0. The van der Waals surface area contributed by atoms with Crippen LogP contribution in [0.4, 0.5) is 21.0 Å². The quantitative estimate of drug-likeness (QED) is 0.0942. The number of carbonyl (C=O) groups excluding carboxylic acids is 4. The molecule has 6 atom stereocenters. The molecule has 3 aromatic carbocycles. The number of piperidine rings is 1. The van der Waals surface area contributed by atoms with Crippen molar-refractivity contribution in [2.75, 3.05) is 43.6 Å². The molecule has 4 aliphatic rings. The number of alkyl carbamates (subject to hydrolysis) is 1. The summed E-state index contributed by atoms with van der Waals surface area (Å²) in [6.07, 6.45) is 5.49. The number of aromatic amines is 2. The lowest BCUT2D eigenvalue weighted by atomic mass is 10.0. The fraction of sp³-hybridized carbons (Fsp3) is 0.510. The van der Waals surface area contributed by atoms with Gasteiger partial charge in [-0.2, -0.15) is 0 Å². The van der Waals surface area contributed by atoms with Crippen LogP contribution in [0.2, 0.25) is 0 Å². The smallest absolute Gasteiger partial charge is 0.407 e. The average Bonchev–Trinajstić information content (AvgIpc) is 4.19. The van der Waals surface area contributed by atoms with Gasteiger partial charge in [0.05, 0.1) is 53.3 Å². The lowest BCUT2D eigenvalue weighted by Gasteiger charge is -2.34. The first-order valence-corrected chi connectivity index (χ1v) is 24.3. The van der Waals surface area contributed by atoms with Gasteiger partial charge in [0.15, 0.2) is 0 Å². The van der Waals surface area contributed by atoms with Crippen molar-refractivity contribution in [2.45, 2.75) is 122 Å². The van der Waals surface area contributed by atoms with Crippen LogP contribution in [-0.2, 0) is 19.1 Å². The molecule has 4 aliphatic heterocycles. The van der Waals surface area contributed by atoms with Crippen LogP contribution < -0.4 is 15.1 Å². The van der Waals surface area contributed by atoms with E-state index in [9.17, 15) is 29.1 Å². The second-order valence-electron chi connectivity index (χ2n) is 19.7. The average molecular weight is 929 g/mol. The highest BCUT2D eigenvalue weighted by Gasteiger charge is 2.41. The van der Waals surface area contributed by atoms with Crippen LogP contribution in [0, 0.1) is 11.8 Å². The standard InChI is InChI=1S/C51H64N10O7/c1-29(2)44(56-50(65)68-6)48(63)59-25-9-11-41(59)46-52-35-20-14-31(27-37(35)54-46)39-22-23-40(61(39)34-18-16-33(17-19-34)58-24-8-7-13-43(58)62)32-15-21-36-38(28-32)55-47(53-36)42-12-10-26-60(42)49(64)45(30(3)4)57(5)51(66)67/h14-21,27-30,39-42,44-45H,7-13,22-26H2,1-6H3,(H,52,54)(H,53,55)(H,56,65)(H,66,67)/t39-,40-,41+,42+,44+,45+/m1/s1. The zero-order chi connectivity index (χ0) is 48.0. The first-order chi connectivity index (χ1) is 32.7. The number of hydrogen-bond acceptors (Lipinski definition) is 9. The molecule has 4 saturated heterocycles. The second-order valence-corrected chi connectivity index (χ2v) is 19.7. The van der Waals surface area contributed by atoms with Gasteiger partial charge in [0.25, 0.3) is 0 Å². The van der Waals surface area contributed by atoms with Gasteiger partial charge >= 0.3 is 12.2 Å². The van der Waals surface area contributed by atoms with E-state index in [1.807, 2.05) is 37.5 Å². The fourth-order valence-electron chi connectivity index (χ4n) is 11.2. The van der Waals surface area contributed by atoms with E-state index >= 15 is 0 Å². The highest BCUT2D eigenvalue weighted by molar-refractivity contribution is 5.94. The summed E-state index contributed by atoms with van der Waals surface area (Å²) in [4.78, 5) is 91.4. The number of benzene rings is 3. The van der Waals surface area contributed by atoms with Crippen molar-refractivity contribution in [3.05, 3.63) is 83.4 Å². The molecular formula is C51H64N10O7. The molecule has 9 rings (SSSR count). The van der Waals surface area contributed by atoms with Crippen LogP contribution >= 0.6 is 0 Å². The predicted octanol–water partition coefficient (Wildman–Crippen LogP) is 8.38. The van der Waals surface area contributed by atoms with Crippen LogP contribution in [-0.4, -0.2) is 116 Å². The van der Waals surface area contributed by atoms with Crippen molar-refractivity contribution in [1.82, 2.24) is 40.0 Å². The molecule has 360 valence electrons. The Kier molecular flexibility index (Phi) is 13.1. The molecule has 4 fully saturated rings. The third-order valence-electron chi connectivity index (χ3n) is 14.7. The summed E-state index contributed by atoms with van der Waals surface area (Å²) in [5.74, 6) is 0.864. The lowest BCUT2D eigenvalue weighted by molar-refractivity contribution is -0.138. The highest BCUT2D eigenvalue weighted by Crippen LogP contribution is 2.48. The van der Waals surface area contributed by atoms with Crippen molar-refractivity contribution in [1.29, 1.82) is 0 Å². The Hall–Kier alpha value is -6.65. The maximum atomic E-state index is 14.0. The minimum atomic E-state index is -1.13. The molecule has 6 heterocycles. The summed E-state index contributed by atoms with van der Waals surface area (Å²) in [5.41, 5.74) is 7.49. The summed E-state index contributed by atoms with van der Waals surface area (Å²) in [5, 5.41) is 12.5. The number of aromatic nitrogens is 4. The third kappa shape index (κ3) is 8.82. The minimum Gasteiger partial charge on any atom is -0.465 e. The first-order valence-electron chi connectivity index (χ1n) is 24.3. The fourth-order valence-corrected chi connectivity index (χ4v) is 11.2. The highest BCUT2D eigenvalue weighted by atomic mass is 16.5. The first kappa shape index (κ1) is 46.5. The third-order valence-corrected chi connectivity index (χ3v) is 14.7.